The topological polar surface area (TPSA) is 46.6 Å². The molecule has 1 aromatic heterocycles. The molecule has 116 valence electrons. The molecule has 0 aliphatic carbocycles. The van der Waals surface area contributed by atoms with Crippen molar-refractivity contribution in [3.63, 3.8) is 0 Å². The van der Waals surface area contributed by atoms with Crippen molar-refractivity contribution in [2.24, 2.45) is 0 Å². The second-order valence-electron chi connectivity index (χ2n) is 4.74. The second kappa shape index (κ2) is 10.1. The number of rotatable bonds is 11. The van der Waals surface area contributed by atoms with Crippen LogP contribution in [0.3, 0.4) is 0 Å². The van der Waals surface area contributed by atoms with E-state index in [0.29, 0.717) is 6.61 Å². The SMILES string of the molecule is CCCCN(C)c1nc(COC)c(CNCCOC)s1. The molecule has 0 saturated carbocycles. The highest BCUT2D eigenvalue weighted by Gasteiger charge is 2.13. The third-order valence-electron chi connectivity index (χ3n) is 2.99. The van der Waals surface area contributed by atoms with E-state index in [1.807, 2.05) is 0 Å². The Bertz CT molecular complexity index is 371. The first-order chi connectivity index (χ1) is 9.72. The van der Waals surface area contributed by atoms with E-state index in [0.717, 1.165) is 37.1 Å². The highest BCUT2D eigenvalue weighted by molar-refractivity contribution is 7.15. The molecular weight excluding hydrogens is 274 g/mol. The van der Waals surface area contributed by atoms with Crippen molar-refractivity contribution in [3.05, 3.63) is 10.6 Å². The van der Waals surface area contributed by atoms with E-state index >= 15 is 0 Å². The standard InChI is InChI=1S/C14H27N3O2S/c1-5-6-8-17(2)14-16-12(11-19-4)13(20-14)10-15-7-9-18-3/h15H,5-11H2,1-4H3. The zero-order chi connectivity index (χ0) is 14.8. The summed E-state index contributed by atoms with van der Waals surface area (Å²) in [7, 11) is 5.53. The van der Waals surface area contributed by atoms with Crippen LogP contribution in [0.4, 0.5) is 5.13 Å². The van der Waals surface area contributed by atoms with Crippen LogP contribution >= 0.6 is 11.3 Å². The summed E-state index contributed by atoms with van der Waals surface area (Å²) in [4.78, 5) is 8.18. The van der Waals surface area contributed by atoms with Crippen molar-refractivity contribution >= 4 is 16.5 Å². The fourth-order valence-corrected chi connectivity index (χ4v) is 2.81. The van der Waals surface area contributed by atoms with Crippen LogP contribution in [0.1, 0.15) is 30.3 Å². The number of ether oxygens (including phenoxy) is 2. The molecule has 0 aliphatic rings. The molecular formula is C14H27N3O2S. The van der Waals surface area contributed by atoms with Crippen LogP contribution in [0, 0.1) is 0 Å². The van der Waals surface area contributed by atoms with Gasteiger partial charge in [-0.3, -0.25) is 0 Å². The summed E-state index contributed by atoms with van der Waals surface area (Å²) in [6.07, 6.45) is 2.39. The predicted molar refractivity (Wildman–Crippen MR) is 84.6 cm³/mol. The zero-order valence-electron chi connectivity index (χ0n) is 13.1. The third kappa shape index (κ3) is 5.75. The first-order valence-corrected chi connectivity index (χ1v) is 7.92. The van der Waals surface area contributed by atoms with E-state index in [1.54, 1.807) is 25.6 Å². The van der Waals surface area contributed by atoms with Crippen molar-refractivity contribution in [1.82, 2.24) is 10.3 Å². The quantitative estimate of drug-likeness (QED) is 0.635. The van der Waals surface area contributed by atoms with Gasteiger partial charge in [-0.25, -0.2) is 4.98 Å². The average molecular weight is 301 g/mol. The molecule has 1 heterocycles. The van der Waals surface area contributed by atoms with Gasteiger partial charge in [0.05, 0.1) is 18.9 Å². The van der Waals surface area contributed by atoms with Crippen LogP contribution in [0.2, 0.25) is 0 Å². The normalized spacial score (nSPS) is 11.0. The molecule has 0 fully saturated rings. The van der Waals surface area contributed by atoms with E-state index < -0.39 is 0 Å². The third-order valence-corrected chi connectivity index (χ3v) is 4.20. The first-order valence-electron chi connectivity index (χ1n) is 7.11. The van der Waals surface area contributed by atoms with E-state index in [9.17, 15) is 0 Å². The van der Waals surface area contributed by atoms with Gasteiger partial charge in [0, 0.05) is 45.8 Å². The minimum Gasteiger partial charge on any atom is -0.383 e. The maximum atomic E-state index is 5.24. The summed E-state index contributed by atoms with van der Waals surface area (Å²) in [5.41, 5.74) is 1.04. The van der Waals surface area contributed by atoms with Crippen LogP contribution in [0.25, 0.3) is 0 Å². The second-order valence-corrected chi connectivity index (χ2v) is 5.81. The lowest BCUT2D eigenvalue weighted by Crippen LogP contribution is -2.18. The van der Waals surface area contributed by atoms with Gasteiger partial charge in [-0.05, 0) is 6.42 Å². The molecule has 0 amide bonds. The van der Waals surface area contributed by atoms with Crippen LogP contribution in [-0.2, 0) is 22.6 Å². The van der Waals surface area contributed by atoms with Crippen molar-refractivity contribution in [2.75, 3.05) is 45.9 Å². The van der Waals surface area contributed by atoms with Crippen molar-refractivity contribution in [2.45, 2.75) is 32.9 Å². The Kier molecular flexibility index (Phi) is 8.77. The summed E-state index contributed by atoms with van der Waals surface area (Å²) in [6.45, 7) is 6.22. The predicted octanol–water partition coefficient (Wildman–Crippen LogP) is 2.26. The zero-order valence-corrected chi connectivity index (χ0v) is 13.9. The summed E-state index contributed by atoms with van der Waals surface area (Å²) in [6, 6.07) is 0. The minimum atomic E-state index is 0.569. The summed E-state index contributed by atoms with van der Waals surface area (Å²) >= 11 is 1.75. The Hall–Kier alpha value is -0.690. The molecule has 0 aliphatic heterocycles. The van der Waals surface area contributed by atoms with Gasteiger partial charge in [-0.1, -0.05) is 13.3 Å². The van der Waals surface area contributed by atoms with Crippen molar-refractivity contribution in [1.29, 1.82) is 0 Å². The number of aromatic nitrogens is 1. The largest absolute Gasteiger partial charge is 0.383 e. The van der Waals surface area contributed by atoms with Crippen LogP contribution in [-0.4, -0.2) is 45.9 Å². The van der Waals surface area contributed by atoms with E-state index in [2.05, 4.69) is 24.2 Å². The maximum Gasteiger partial charge on any atom is 0.185 e. The number of hydrogen-bond acceptors (Lipinski definition) is 6. The lowest BCUT2D eigenvalue weighted by Gasteiger charge is -2.14. The summed E-state index contributed by atoms with van der Waals surface area (Å²) in [5.74, 6) is 0. The Morgan fingerprint density at radius 2 is 2.10 bits per heavy atom. The monoisotopic (exact) mass is 301 g/mol. The van der Waals surface area contributed by atoms with Gasteiger partial charge in [0.25, 0.3) is 0 Å². The smallest absolute Gasteiger partial charge is 0.185 e. The lowest BCUT2D eigenvalue weighted by atomic mass is 10.3. The lowest BCUT2D eigenvalue weighted by molar-refractivity contribution is 0.181. The molecule has 1 rings (SSSR count). The van der Waals surface area contributed by atoms with E-state index in [4.69, 9.17) is 14.5 Å². The molecule has 0 atom stereocenters. The molecule has 6 heteroatoms. The van der Waals surface area contributed by atoms with Crippen LogP contribution in [0.15, 0.2) is 0 Å². The first kappa shape index (κ1) is 17.4. The number of methoxy groups -OCH3 is 2. The molecule has 1 N–H and O–H groups in total. The summed E-state index contributed by atoms with van der Waals surface area (Å²) < 4.78 is 10.3. The summed E-state index contributed by atoms with van der Waals surface area (Å²) in [5, 5.41) is 4.45. The Balaban J connectivity index is 2.63. The molecule has 20 heavy (non-hydrogen) atoms. The molecule has 1 aromatic rings. The molecule has 0 aromatic carbocycles. The Labute approximate surface area is 126 Å². The van der Waals surface area contributed by atoms with Gasteiger partial charge in [-0.15, -0.1) is 11.3 Å². The molecule has 5 nitrogen and oxygen atoms in total. The van der Waals surface area contributed by atoms with Crippen molar-refractivity contribution < 1.29 is 9.47 Å². The number of anilines is 1. The fraction of sp³-hybridized carbons (Fsp3) is 0.786. The maximum absolute atomic E-state index is 5.24. The van der Waals surface area contributed by atoms with Crippen LogP contribution < -0.4 is 10.2 Å². The number of unbranched alkanes of at least 4 members (excludes halogenated alkanes) is 1. The van der Waals surface area contributed by atoms with Gasteiger partial charge >= 0.3 is 0 Å². The van der Waals surface area contributed by atoms with Gasteiger partial charge in [-0.2, -0.15) is 0 Å². The van der Waals surface area contributed by atoms with Crippen molar-refractivity contribution in [3.8, 4) is 0 Å². The number of nitrogens with zero attached hydrogens (tertiary/aromatic N) is 2. The number of hydrogen-bond donors (Lipinski definition) is 1. The van der Waals surface area contributed by atoms with E-state index in [1.165, 1.54) is 17.7 Å². The molecule has 0 spiro atoms. The highest BCUT2D eigenvalue weighted by Crippen LogP contribution is 2.26. The molecule has 0 unspecified atom stereocenters. The fourth-order valence-electron chi connectivity index (χ4n) is 1.79. The Morgan fingerprint density at radius 1 is 1.30 bits per heavy atom. The number of nitrogens with one attached hydrogen (secondary N) is 1. The van der Waals surface area contributed by atoms with Gasteiger partial charge in [0.15, 0.2) is 5.13 Å². The van der Waals surface area contributed by atoms with Crippen LogP contribution in [0.5, 0.6) is 0 Å². The minimum absolute atomic E-state index is 0.569. The number of thiazole rings is 1. The van der Waals surface area contributed by atoms with Gasteiger partial charge in [0.1, 0.15) is 0 Å². The highest BCUT2D eigenvalue weighted by atomic mass is 32.1. The molecule has 0 saturated heterocycles. The van der Waals surface area contributed by atoms with Gasteiger partial charge in [0.2, 0.25) is 0 Å². The van der Waals surface area contributed by atoms with E-state index in [-0.39, 0.29) is 0 Å². The average Bonchev–Trinajstić information content (AvgIpc) is 2.85. The molecule has 0 bridgehead atoms. The Morgan fingerprint density at radius 3 is 2.75 bits per heavy atom. The van der Waals surface area contributed by atoms with Gasteiger partial charge < -0.3 is 19.7 Å². The molecule has 0 radical (unpaired) electrons.